The summed E-state index contributed by atoms with van der Waals surface area (Å²) < 4.78 is 5.37. The van der Waals surface area contributed by atoms with Crippen molar-refractivity contribution in [2.45, 2.75) is 13.2 Å². The Morgan fingerprint density at radius 1 is 1.60 bits per heavy atom. The van der Waals surface area contributed by atoms with Gasteiger partial charge in [0.05, 0.1) is 18.4 Å². The molecule has 0 bridgehead atoms. The van der Waals surface area contributed by atoms with Gasteiger partial charge in [-0.05, 0) is 12.1 Å². The molecule has 1 aromatic heterocycles. The van der Waals surface area contributed by atoms with Gasteiger partial charge in [-0.25, -0.2) is 4.90 Å². The van der Waals surface area contributed by atoms with Crippen molar-refractivity contribution in [1.82, 2.24) is 14.5 Å². The van der Waals surface area contributed by atoms with Crippen molar-refractivity contribution >= 4 is 26.7 Å². The summed E-state index contributed by atoms with van der Waals surface area (Å²) in [5.41, 5.74) is 0.686. The van der Waals surface area contributed by atoms with Gasteiger partial charge >= 0.3 is 0 Å². The first-order valence-electron chi connectivity index (χ1n) is 6.51. The van der Waals surface area contributed by atoms with Crippen LogP contribution in [0, 0.1) is 5.21 Å². The van der Waals surface area contributed by atoms with Gasteiger partial charge < -0.3 is 15.1 Å². The predicted molar refractivity (Wildman–Crippen MR) is 79.5 cm³/mol. The summed E-state index contributed by atoms with van der Waals surface area (Å²) in [5, 5.41) is 23.4. The number of fused-ring (bicyclic) bond motifs is 1. The Morgan fingerprint density at radius 3 is 3.05 bits per heavy atom. The van der Waals surface area contributed by atoms with Crippen LogP contribution in [0.1, 0.15) is 6.92 Å². The molecular weight excluding hydrogens is 278 g/mol. The lowest BCUT2D eigenvalue weighted by Crippen LogP contribution is -2.48. The first kappa shape index (κ1) is 13.7. The first-order valence-corrected chi connectivity index (χ1v) is 7.33. The third kappa shape index (κ3) is 1.99. The fraction of sp³-hybridized carbons (Fsp3) is 0.462. The largest absolute Gasteiger partial charge is 0.623 e. The molecule has 0 radical (unpaired) electrons. The number of aromatic nitrogens is 1. The number of ether oxygens (including phenoxy) is 1. The zero-order valence-corrected chi connectivity index (χ0v) is 12.3. The van der Waals surface area contributed by atoms with E-state index in [0.717, 1.165) is 11.2 Å². The van der Waals surface area contributed by atoms with E-state index in [9.17, 15) is 10.3 Å². The third-order valence-electron chi connectivity index (χ3n) is 3.67. The van der Waals surface area contributed by atoms with Crippen LogP contribution in [0.4, 0.5) is 5.13 Å². The van der Waals surface area contributed by atoms with Crippen molar-refractivity contribution in [3.63, 3.8) is 0 Å². The molecule has 2 heterocycles. The summed E-state index contributed by atoms with van der Waals surface area (Å²) in [4.78, 5) is 6.35. The van der Waals surface area contributed by atoms with E-state index in [2.05, 4.69) is 4.98 Å². The number of hydroxylamine groups is 2. The fourth-order valence-electron chi connectivity index (χ4n) is 2.47. The lowest BCUT2D eigenvalue weighted by molar-refractivity contribution is 0.0848. The molecule has 2 atom stereocenters. The second-order valence-corrected chi connectivity index (χ2v) is 5.90. The Balaban J connectivity index is 2.06. The van der Waals surface area contributed by atoms with E-state index < -0.39 is 10.9 Å². The van der Waals surface area contributed by atoms with Crippen molar-refractivity contribution in [1.29, 1.82) is 0 Å². The maximum absolute atomic E-state index is 12.9. The maximum Gasteiger partial charge on any atom is 0.290 e. The molecule has 0 aliphatic carbocycles. The minimum atomic E-state index is -0.985. The summed E-state index contributed by atoms with van der Waals surface area (Å²) in [6.07, 6.45) is -0.985. The molecule has 1 N–H and O–H groups in total. The number of para-hydroxylation sites is 1. The van der Waals surface area contributed by atoms with Gasteiger partial charge in [0, 0.05) is 6.54 Å². The van der Waals surface area contributed by atoms with E-state index in [1.807, 2.05) is 30.0 Å². The monoisotopic (exact) mass is 295 g/mol. The highest BCUT2D eigenvalue weighted by Crippen LogP contribution is 2.39. The molecule has 1 aliphatic rings. The highest BCUT2D eigenvalue weighted by atomic mass is 32.1. The van der Waals surface area contributed by atoms with Gasteiger partial charge in [0.1, 0.15) is 17.9 Å². The van der Waals surface area contributed by atoms with Crippen LogP contribution in [0.5, 0.6) is 5.75 Å². The number of nitrogens with zero attached hydrogens (tertiary/aromatic N) is 3. The van der Waals surface area contributed by atoms with Gasteiger partial charge in [0.2, 0.25) is 6.23 Å². The van der Waals surface area contributed by atoms with Crippen molar-refractivity contribution in [2.75, 3.05) is 26.9 Å². The van der Waals surface area contributed by atoms with Crippen LogP contribution >= 0.6 is 11.3 Å². The number of hydrogen-bond acceptors (Lipinski definition) is 6. The Morgan fingerprint density at radius 2 is 2.40 bits per heavy atom. The first-order chi connectivity index (χ1) is 9.58. The van der Waals surface area contributed by atoms with Crippen LogP contribution in [-0.4, -0.2) is 48.1 Å². The minimum absolute atomic E-state index is 0.236. The van der Waals surface area contributed by atoms with Crippen LogP contribution in [-0.2, 0) is 0 Å². The lowest BCUT2D eigenvalue weighted by atomic mass is 10.3. The van der Waals surface area contributed by atoms with Crippen molar-refractivity contribution in [3.05, 3.63) is 23.4 Å². The number of aliphatic hydroxyl groups is 1. The SMILES string of the molecule is CCN1CC(O)[N+]([O-])(c2nc3c(OC)cccc3s2)C1. The van der Waals surface area contributed by atoms with E-state index in [1.54, 1.807) is 7.11 Å². The average molecular weight is 295 g/mol. The van der Waals surface area contributed by atoms with E-state index in [-0.39, 0.29) is 6.67 Å². The summed E-state index contributed by atoms with van der Waals surface area (Å²) in [5.74, 6) is 0.651. The molecular formula is C13H17N3O3S. The summed E-state index contributed by atoms with van der Waals surface area (Å²) in [6, 6.07) is 5.60. The second-order valence-electron chi connectivity index (χ2n) is 4.89. The molecule has 0 amide bonds. The second kappa shape index (κ2) is 4.94. The molecule has 6 nitrogen and oxygen atoms in total. The molecule has 1 fully saturated rings. The van der Waals surface area contributed by atoms with Gasteiger partial charge in [-0.3, -0.25) is 4.65 Å². The molecule has 1 aromatic carbocycles. The number of methoxy groups -OCH3 is 1. The highest BCUT2D eigenvalue weighted by molar-refractivity contribution is 7.22. The molecule has 20 heavy (non-hydrogen) atoms. The number of rotatable bonds is 3. The van der Waals surface area contributed by atoms with Crippen LogP contribution in [0.2, 0.25) is 0 Å². The molecule has 0 spiro atoms. The molecule has 3 rings (SSSR count). The van der Waals surface area contributed by atoms with Gasteiger partial charge in [0.25, 0.3) is 5.13 Å². The summed E-state index contributed by atoms with van der Waals surface area (Å²) >= 11 is 1.32. The standard InChI is InChI=1S/C13H17N3O3S/c1-3-15-7-11(17)16(18,8-15)13-14-12-9(19-2)5-4-6-10(12)20-13/h4-6,11,17H,3,7-8H2,1-2H3. The molecule has 2 aromatic rings. The number of β-amino-alcohol motifs (C(OH)–C–C–N with tert-alkyl or cyclic N) is 1. The average Bonchev–Trinajstić information content (AvgIpc) is 3.01. The number of likely N-dealkylation sites (N-methyl/N-ethyl adjacent to an activating group) is 1. The molecule has 1 aliphatic heterocycles. The zero-order chi connectivity index (χ0) is 14.3. The van der Waals surface area contributed by atoms with Crippen LogP contribution in [0.3, 0.4) is 0 Å². The number of thiazole rings is 1. The van der Waals surface area contributed by atoms with Gasteiger partial charge in [-0.2, -0.15) is 4.98 Å². The molecule has 1 saturated heterocycles. The fourth-order valence-corrected chi connectivity index (χ4v) is 3.52. The quantitative estimate of drug-likeness (QED) is 0.690. The Kier molecular flexibility index (Phi) is 3.39. The van der Waals surface area contributed by atoms with E-state index in [4.69, 9.17) is 4.74 Å². The predicted octanol–water partition coefficient (Wildman–Crippen LogP) is 1.72. The number of benzene rings is 1. The summed E-state index contributed by atoms with van der Waals surface area (Å²) in [6.45, 7) is 3.34. The van der Waals surface area contributed by atoms with Crippen LogP contribution in [0.15, 0.2) is 18.2 Å². The Bertz CT molecular complexity index is 632. The molecule has 2 unspecified atom stereocenters. The Hall–Kier alpha value is -1.25. The summed E-state index contributed by atoms with van der Waals surface area (Å²) in [7, 11) is 1.58. The van der Waals surface area contributed by atoms with Crippen molar-refractivity contribution in [2.24, 2.45) is 0 Å². The number of hydrogen-bond donors (Lipinski definition) is 1. The number of aliphatic hydroxyl groups excluding tert-OH is 1. The van der Waals surface area contributed by atoms with Gasteiger partial charge in [-0.1, -0.05) is 24.3 Å². The normalized spacial score (nSPS) is 27.3. The van der Waals surface area contributed by atoms with E-state index in [0.29, 0.717) is 22.9 Å². The van der Waals surface area contributed by atoms with Crippen molar-refractivity contribution in [3.8, 4) is 5.75 Å². The smallest absolute Gasteiger partial charge is 0.290 e. The molecule has 108 valence electrons. The van der Waals surface area contributed by atoms with Crippen LogP contribution < -0.4 is 9.38 Å². The zero-order valence-electron chi connectivity index (χ0n) is 11.4. The van der Waals surface area contributed by atoms with E-state index >= 15 is 0 Å². The maximum atomic E-state index is 12.9. The minimum Gasteiger partial charge on any atom is -0.623 e. The molecule has 7 heteroatoms. The van der Waals surface area contributed by atoms with Crippen molar-refractivity contribution < 1.29 is 9.84 Å². The highest BCUT2D eigenvalue weighted by Gasteiger charge is 2.42. The van der Waals surface area contributed by atoms with Gasteiger partial charge in [0.15, 0.2) is 0 Å². The van der Waals surface area contributed by atoms with Crippen LogP contribution in [0.25, 0.3) is 10.2 Å². The topological polar surface area (TPSA) is 68.7 Å². The molecule has 0 saturated carbocycles. The van der Waals surface area contributed by atoms with E-state index in [1.165, 1.54) is 11.3 Å². The van der Waals surface area contributed by atoms with Gasteiger partial charge in [-0.15, -0.1) is 0 Å². The number of quaternary nitrogens is 1. The lowest BCUT2D eigenvalue weighted by Gasteiger charge is -2.37. The Labute approximate surface area is 121 Å². The third-order valence-corrected chi connectivity index (χ3v) is 4.81.